The minimum absolute atomic E-state index is 0.436. The van der Waals surface area contributed by atoms with E-state index in [2.05, 4.69) is 43.4 Å². The van der Waals surface area contributed by atoms with Gasteiger partial charge in [-0.3, -0.25) is 0 Å². The van der Waals surface area contributed by atoms with Gasteiger partial charge in [0.1, 0.15) is 5.69 Å². The molecule has 0 atom stereocenters. The van der Waals surface area contributed by atoms with E-state index in [-0.39, 0.29) is 0 Å². The summed E-state index contributed by atoms with van der Waals surface area (Å²) >= 11 is 3.40. The number of pyridine rings is 1. The van der Waals surface area contributed by atoms with Crippen molar-refractivity contribution >= 4 is 15.9 Å². The van der Waals surface area contributed by atoms with Gasteiger partial charge in [0, 0.05) is 10.7 Å². The standard InChI is InChI=1S/C11H13BrN4O/c1-2-5-13-7-9-15-16-11(17-9)10-8(12)4-3-6-14-10/h3-4,6,13H,2,5,7H2,1H3. The Balaban J connectivity index is 2.10. The third-order valence-electron chi connectivity index (χ3n) is 2.13. The van der Waals surface area contributed by atoms with Crippen molar-refractivity contribution in [3.8, 4) is 11.6 Å². The van der Waals surface area contributed by atoms with Crippen LogP contribution in [0, 0.1) is 0 Å². The van der Waals surface area contributed by atoms with Crippen molar-refractivity contribution in [2.45, 2.75) is 19.9 Å². The summed E-state index contributed by atoms with van der Waals surface area (Å²) in [5, 5.41) is 11.1. The molecule has 17 heavy (non-hydrogen) atoms. The predicted octanol–water partition coefficient (Wildman–Crippen LogP) is 2.39. The topological polar surface area (TPSA) is 63.8 Å². The van der Waals surface area contributed by atoms with Crippen molar-refractivity contribution < 1.29 is 4.42 Å². The second kappa shape index (κ2) is 5.88. The van der Waals surface area contributed by atoms with E-state index in [0.717, 1.165) is 17.4 Å². The van der Waals surface area contributed by atoms with E-state index in [9.17, 15) is 0 Å². The fourth-order valence-corrected chi connectivity index (χ4v) is 1.76. The van der Waals surface area contributed by atoms with Crippen LogP contribution in [0.1, 0.15) is 19.2 Å². The first-order chi connectivity index (χ1) is 8.31. The van der Waals surface area contributed by atoms with Gasteiger partial charge in [-0.2, -0.15) is 0 Å². The molecule has 0 saturated carbocycles. The largest absolute Gasteiger partial charge is 0.418 e. The molecule has 0 aromatic carbocycles. The average Bonchev–Trinajstić information content (AvgIpc) is 2.79. The summed E-state index contributed by atoms with van der Waals surface area (Å²) in [5.74, 6) is 1.01. The summed E-state index contributed by atoms with van der Waals surface area (Å²) in [7, 11) is 0. The van der Waals surface area contributed by atoms with Crippen LogP contribution in [0.5, 0.6) is 0 Å². The average molecular weight is 297 g/mol. The lowest BCUT2D eigenvalue weighted by atomic mass is 10.3. The van der Waals surface area contributed by atoms with Crippen LogP contribution in [0.3, 0.4) is 0 Å². The number of rotatable bonds is 5. The van der Waals surface area contributed by atoms with Crippen molar-refractivity contribution in [3.63, 3.8) is 0 Å². The molecule has 0 fully saturated rings. The van der Waals surface area contributed by atoms with Gasteiger partial charge in [-0.25, -0.2) is 4.98 Å². The lowest BCUT2D eigenvalue weighted by molar-refractivity contribution is 0.476. The van der Waals surface area contributed by atoms with E-state index in [1.165, 1.54) is 0 Å². The Kier molecular flexibility index (Phi) is 4.22. The van der Waals surface area contributed by atoms with E-state index < -0.39 is 0 Å². The molecule has 0 saturated heterocycles. The Bertz CT molecular complexity index is 486. The molecule has 0 bridgehead atoms. The molecule has 0 amide bonds. The van der Waals surface area contributed by atoms with Crippen LogP contribution in [-0.2, 0) is 6.54 Å². The summed E-state index contributed by atoms with van der Waals surface area (Å²) in [5.41, 5.74) is 0.668. The Hall–Kier alpha value is -1.27. The van der Waals surface area contributed by atoms with Gasteiger partial charge < -0.3 is 9.73 Å². The van der Waals surface area contributed by atoms with Crippen LogP contribution in [0.25, 0.3) is 11.6 Å². The van der Waals surface area contributed by atoms with Crippen molar-refractivity contribution in [2.75, 3.05) is 6.54 Å². The predicted molar refractivity (Wildman–Crippen MR) is 67.2 cm³/mol. The van der Waals surface area contributed by atoms with Crippen molar-refractivity contribution in [2.24, 2.45) is 0 Å². The van der Waals surface area contributed by atoms with Gasteiger partial charge in [-0.05, 0) is 41.0 Å². The zero-order valence-electron chi connectivity index (χ0n) is 9.48. The van der Waals surface area contributed by atoms with Gasteiger partial charge in [0.25, 0.3) is 5.89 Å². The van der Waals surface area contributed by atoms with E-state index in [4.69, 9.17) is 4.42 Å². The number of hydrogen-bond donors (Lipinski definition) is 1. The van der Waals surface area contributed by atoms with E-state index in [1.54, 1.807) is 6.20 Å². The summed E-state index contributed by atoms with van der Waals surface area (Å²) in [6.45, 7) is 3.63. The molecule has 0 aliphatic rings. The molecule has 0 radical (unpaired) electrons. The van der Waals surface area contributed by atoms with Gasteiger partial charge >= 0.3 is 0 Å². The molecule has 0 spiro atoms. The van der Waals surface area contributed by atoms with Crippen LogP contribution in [0.2, 0.25) is 0 Å². The summed E-state index contributed by atoms with van der Waals surface area (Å²) < 4.78 is 6.36. The summed E-state index contributed by atoms with van der Waals surface area (Å²) in [4.78, 5) is 4.19. The maximum atomic E-state index is 5.52. The first-order valence-electron chi connectivity index (χ1n) is 5.45. The molecule has 0 aliphatic carbocycles. The molecule has 2 aromatic heterocycles. The summed E-state index contributed by atoms with van der Waals surface area (Å²) in [6, 6.07) is 3.73. The number of nitrogens with one attached hydrogen (secondary N) is 1. The van der Waals surface area contributed by atoms with E-state index in [0.29, 0.717) is 24.0 Å². The molecule has 0 unspecified atom stereocenters. The third-order valence-corrected chi connectivity index (χ3v) is 2.77. The fourth-order valence-electron chi connectivity index (χ4n) is 1.34. The third kappa shape index (κ3) is 3.10. The first-order valence-corrected chi connectivity index (χ1v) is 6.24. The lowest BCUT2D eigenvalue weighted by Crippen LogP contribution is -2.13. The van der Waals surface area contributed by atoms with Gasteiger partial charge in [-0.15, -0.1) is 10.2 Å². The number of hydrogen-bond acceptors (Lipinski definition) is 5. The first kappa shape index (κ1) is 12.2. The van der Waals surface area contributed by atoms with Crippen LogP contribution in [0.4, 0.5) is 0 Å². The molecule has 2 heterocycles. The highest BCUT2D eigenvalue weighted by molar-refractivity contribution is 9.10. The van der Waals surface area contributed by atoms with Crippen LogP contribution in [0.15, 0.2) is 27.2 Å². The Morgan fingerprint density at radius 3 is 3.06 bits per heavy atom. The van der Waals surface area contributed by atoms with Gasteiger partial charge in [0.15, 0.2) is 0 Å². The minimum atomic E-state index is 0.436. The van der Waals surface area contributed by atoms with Crippen LogP contribution >= 0.6 is 15.9 Å². The molecule has 6 heteroatoms. The highest BCUT2D eigenvalue weighted by Crippen LogP contribution is 2.23. The SMILES string of the molecule is CCCNCc1nnc(-c2ncccc2Br)o1. The molecule has 90 valence electrons. The molecule has 0 aliphatic heterocycles. The highest BCUT2D eigenvalue weighted by atomic mass is 79.9. The zero-order chi connectivity index (χ0) is 12.1. The van der Waals surface area contributed by atoms with Crippen LogP contribution in [-0.4, -0.2) is 21.7 Å². The Morgan fingerprint density at radius 2 is 2.29 bits per heavy atom. The normalized spacial score (nSPS) is 10.7. The second-order valence-electron chi connectivity index (χ2n) is 3.51. The number of halogens is 1. The lowest BCUT2D eigenvalue weighted by Gasteiger charge is -1.97. The van der Waals surface area contributed by atoms with Crippen molar-refractivity contribution in [1.29, 1.82) is 0 Å². The smallest absolute Gasteiger partial charge is 0.267 e. The van der Waals surface area contributed by atoms with Gasteiger partial charge in [-0.1, -0.05) is 6.92 Å². The monoisotopic (exact) mass is 296 g/mol. The molecule has 5 nitrogen and oxygen atoms in total. The Morgan fingerprint density at radius 1 is 1.41 bits per heavy atom. The number of nitrogens with zero attached hydrogens (tertiary/aromatic N) is 3. The maximum Gasteiger partial charge on any atom is 0.267 e. The van der Waals surface area contributed by atoms with E-state index in [1.807, 2.05) is 12.1 Å². The summed E-state index contributed by atoms with van der Waals surface area (Å²) in [6.07, 6.45) is 2.77. The second-order valence-corrected chi connectivity index (χ2v) is 4.37. The fraction of sp³-hybridized carbons (Fsp3) is 0.364. The molecule has 2 rings (SSSR count). The minimum Gasteiger partial charge on any atom is -0.418 e. The van der Waals surface area contributed by atoms with Gasteiger partial charge in [0.2, 0.25) is 5.89 Å². The van der Waals surface area contributed by atoms with E-state index >= 15 is 0 Å². The van der Waals surface area contributed by atoms with Crippen LogP contribution < -0.4 is 5.32 Å². The maximum absolute atomic E-state index is 5.52. The molecular formula is C11H13BrN4O. The quantitative estimate of drug-likeness (QED) is 0.859. The van der Waals surface area contributed by atoms with Gasteiger partial charge in [0.05, 0.1) is 6.54 Å². The van der Waals surface area contributed by atoms with Crippen molar-refractivity contribution in [1.82, 2.24) is 20.5 Å². The molecular weight excluding hydrogens is 284 g/mol. The molecule has 2 aromatic rings. The highest BCUT2D eigenvalue weighted by Gasteiger charge is 2.12. The Labute approximate surface area is 108 Å². The zero-order valence-corrected chi connectivity index (χ0v) is 11.1. The van der Waals surface area contributed by atoms with Crippen molar-refractivity contribution in [3.05, 3.63) is 28.7 Å². The number of aromatic nitrogens is 3. The molecule has 1 N–H and O–H groups in total.